The number of esters is 1. The fourth-order valence-corrected chi connectivity index (χ4v) is 1.91. The molecule has 1 aromatic carbocycles. The quantitative estimate of drug-likeness (QED) is 0.522. The fourth-order valence-electron chi connectivity index (χ4n) is 1.65. The van der Waals surface area contributed by atoms with Gasteiger partial charge in [-0.05, 0) is 38.1 Å². The van der Waals surface area contributed by atoms with Crippen molar-refractivity contribution in [2.45, 2.75) is 13.8 Å². The third-order valence-electron chi connectivity index (χ3n) is 2.72. The van der Waals surface area contributed by atoms with Crippen molar-refractivity contribution in [2.75, 3.05) is 26.3 Å². The normalized spacial score (nSPS) is 9.95. The molecule has 120 valence electrons. The van der Waals surface area contributed by atoms with E-state index in [-0.39, 0.29) is 19.1 Å². The highest BCUT2D eigenvalue weighted by Crippen LogP contribution is 2.15. The molecule has 5 nitrogen and oxygen atoms in total. The summed E-state index contributed by atoms with van der Waals surface area (Å²) in [6.07, 6.45) is 0. The molecule has 0 aromatic heterocycles. The van der Waals surface area contributed by atoms with Crippen molar-refractivity contribution in [3.05, 3.63) is 40.9 Å². The average molecular weight is 370 g/mol. The number of benzene rings is 1. The van der Waals surface area contributed by atoms with Crippen LogP contribution in [0.1, 0.15) is 13.8 Å². The van der Waals surface area contributed by atoms with Crippen molar-refractivity contribution in [3.63, 3.8) is 0 Å². The van der Waals surface area contributed by atoms with Crippen molar-refractivity contribution in [1.29, 1.82) is 0 Å². The number of nitrogens with zero attached hydrogens (tertiary/aromatic N) is 1. The highest BCUT2D eigenvalue weighted by Gasteiger charge is 2.14. The Labute approximate surface area is 139 Å². The summed E-state index contributed by atoms with van der Waals surface area (Å²) in [5.74, 6) is -0.269. The molecule has 0 fully saturated rings. The van der Waals surface area contributed by atoms with Crippen LogP contribution in [-0.4, -0.2) is 43.1 Å². The van der Waals surface area contributed by atoms with Crippen molar-refractivity contribution >= 4 is 27.8 Å². The first-order chi connectivity index (χ1) is 10.4. The zero-order valence-electron chi connectivity index (χ0n) is 12.8. The lowest BCUT2D eigenvalue weighted by Gasteiger charge is -2.20. The summed E-state index contributed by atoms with van der Waals surface area (Å²) >= 11 is 3.31. The molecular formula is C16H20BrNO4. The molecule has 0 saturated carbocycles. The lowest BCUT2D eigenvalue weighted by atomic mass is 10.3. The maximum Gasteiger partial charge on any atom is 0.344 e. The summed E-state index contributed by atoms with van der Waals surface area (Å²) in [6, 6.07) is 7.07. The van der Waals surface area contributed by atoms with Crippen molar-refractivity contribution in [2.24, 2.45) is 0 Å². The van der Waals surface area contributed by atoms with Crippen LogP contribution in [0, 0.1) is 0 Å². The molecule has 1 rings (SSSR count). The fraction of sp³-hybridized carbons (Fsp3) is 0.375. The zero-order valence-corrected chi connectivity index (χ0v) is 14.4. The van der Waals surface area contributed by atoms with Crippen LogP contribution >= 0.6 is 15.9 Å². The van der Waals surface area contributed by atoms with E-state index in [4.69, 9.17) is 9.47 Å². The number of rotatable bonds is 8. The van der Waals surface area contributed by atoms with E-state index >= 15 is 0 Å². The Kier molecular flexibility index (Phi) is 7.66. The van der Waals surface area contributed by atoms with Crippen LogP contribution in [0.15, 0.2) is 40.9 Å². The van der Waals surface area contributed by atoms with E-state index in [9.17, 15) is 9.59 Å². The van der Waals surface area contributed by atoms with Crippen LogP contribution in [0.5, 0.6) is 5.75 Å². The molecule has 6 heteroatoms. The molecule has 0 atom stereocenters. The van der Waals surface area contributed by atoms with Crippen LogP contribution < -0.4 is 4.74 Å². The smallest absolute Gasteiger partial charge is 0.344 e. The molecule has 0 spiro atoms. The van der Waals surface area contributed by atoms with Crippen LogP contribution in [0.3, 0.4) is 0 Å². The van der Waals surface area contributed by atoms with E-state index in [2.05, 4.69) is 22.5 Å². The lowest BCUT2D eigenvalue weighted by Crippen LogP contribution is -2.36. The first kappa shape index (κ1) is 18.2. The Hall–Kier alpha value is -1.82. The van der Waals surface area contributed by atoms with Gasteiger partial charge in [-0.25, -0.2) is 4.79 Å². The third-order valence-corrected chi connectivity index (χ3v) is 3.25. The van der Waals surface area contributed by atoms with Gasteiger partial charge in [0.1, 0.15) is 5.75 Å². The van der Waals surface area contributed by atoms with E-state index in [1.807, 2.05) is 13.8 Å². The number of ether oxygens (including phenoxy) is 2. The molecule has 0 unspecified atom stereocenters. The minimum atomic E-state index is -0.581. The van der Waals surface area contributed by atoms with Gasteiger partial charge in [-0.1, -0.05) is 28.1 Å². The monoisotopic (exact) mass is 369 g/mol. The number of carbonyl (C=O) groups is 2. The Morgan fingerprint density at radius 3 is 2.41 bits per heavy atom. The van der Waals surface area contributed by atoms with Crippen molar-refractivity contribution < 1.29 is 19.1 Å². The predicted molar refractivity (Wildman–Crippen MR) is 87.7 cm³/mol. The molecule has 1 aromatic rings. The van der Waals surface area contributed by atoms with Crippen LogP contribution in [0.4, 0.5) is 0 Å². The molecule has 0 aliphatic carbocycles. The number of carbonyl (C=O) groups excluding carboxylic acids is 2. The number of likely N-dealkylation sites (N-methyl/N-ethyl adjacent to an activating group) is 1. The highest BCUT2D eigenvalue weighted by atomic mass is 79.9. The number of hydrogen-bond acceptors (Lipinski definition) is 4. The van der Waals surface area contributed by atoms with Crippen molar-refractivity contribution in [3.8, 4) is 5.75 Å². The van der Waals surface area contributed by atoms with Gasteiger partial charge in [0.05, 0.1) is 0 Å². The Morgan fingerprint density at radius 1 is 1.23 bits per heavy atom. The van der Waals surface area contributed by atoms with Crippen molar-refractivity contribution in [1.82, 2.24) is 4.90 Å². The topological polar surface area (TPSA) is 55.8 Å². The van der Waals surface area contributed by atoms with Gasteiger partial charge >= 0.3 is 5.97 Å². The Balaban J connectivity index is 2.34. The maximum atomic E-state index is 11.9. The molecule has 0 bridgehead atoms. The summed E-state index contributed by atoms with van der Waals surface area (Å²) < 4.78 is 11.1. The van der Waals surface area contributed by atoms with E-state index in [1.54, 1.807) is 29.2 Å². The lowest BCUT2D eigenvalue weighted by molar-refractivity contribution is -0.153. The second-order valence-electron chi connectivity index (χ2n) is 4.77. The summed E-state index contributed by atoms with van der Waals surface area (Å²) in [7, 11) is 0. The number of halogens is 1. The minimum Gasteiger partial charge on any atom is -0.482 e. The van der Waals surface area contributed by atoms with E-state index in [1.165, 1.54) is 0 Å². The standard InChI is InChI=1S/C16H20BrNO4/c1-4-18(9-12(2)3)15(19)10-22-16(20)11-21-14-7-5-13(17)6-8-14/h5-8H,2,4,9-11H2,1,3H3. The molecule has 0 heterocycles. The van der Waals surface area contributed by atoms with Crippen LogP contribution in [-0.2, 0) is 14.3 Å². The van der Waals surface area contributed by atoms with Crippen LogP contribution in [0.25, 0.3) is 0 Å². The molecule has 0 N–H and O–H groups in total. The SMILES string of the molecule is C=C(C)CN(CC)C(=O)COC(=O)COc1ccc(Br)cc1. The van der Waals surface area contributed by atoms with Gasteiger partial charge in [-0.3, -0.25) is 4.79 Å². The van der Waals surface area contributed by atoms with E-state index in [0.29, 0.717) is 18.8 Å². The number of amides is 1. The predicted octanol–water partition coefficient (Wildman–Crippen LogP) is 2.80. The number of hydrogen-bond donors (Lipinski definition) is 0. The summed E-state index contributed by atoms with van der Waals surface area (Å²) in [5.41, 5.74) is 0.875. The summed E-state index contributed by atoms with van der Waals surface area (Å²) in [5, 5.41) is 0. The average Bonchev–Trinajstić information content (AvgIpc) is 2.49. The zero-order chi connectivity index (χ0) is 16.5. The second-order valence-corrected chi connectivity index (χ2v) is 5.68. The third kappa shape index (κ3) is 6.76. The molecule has 0 aliphatic rings. The van der Waals surface area contributed by atoms with Gasteiger partial charge in [0.25, 0.3) is 5.91 Å². The van der Waals surface area contributed by atoms with Gasteiger partial charge in [-0.15, -0.1) is 0 Å². The highest BCUT2D eigenvalue weighted by molar-refractivity contribution is 9.10. The summed E-state index contributed by atoms with van der Waals surface area (Å²) in [6.45, 7) is 7.94. The molecular weight excluding hydrogens is 350 g/mol. The minimum absolute atomic E-state index is 0.235. The molecule has 0 saturated heterocycles. The second kappa shape index (κ2) is 9.25. The van der Waals surface area contributed by atoms with E-state index in [0.717, 1.165) is 10.0 Å². The first-order valence-electron chi connectivity index (χ1n) is 6.88. The van der Waals surface area contributed by atoms with Gasteiger partial charge in [0.2, 0.25) is 0 Å². The maximum absolute atomic E-state index is 11.9. The van der Waals surface area contributed by atoms with Gasteiger partial charge in [0, 0.05) is 17.6 Å². The summed E-state index contributed by atoms with van der Waals surface area (Å²) in [4.78, 5) is 25.0. The van der Waals surface area contributed by atoms with Crippen LogP contribution in [0.2, 0.25) is 0 Å². The largest absolute Gasteiger partial charge is 0.482 e. The Morgan fingerprint density at radius 2 is 1.86 bits per heavy atom. The molecule has 0 aliphatic heterocycles. The molecule has 22 heavy (non-hydrogen) atoms. The Bertz CT molecular complexity index is 527. The van der Waals surface area contributed by atoms with Gasteiger partial charge in [-0.2, -0.15) is 0 Å². The molecule has 0 radical (unpaired) electrons. The van der Waals surface area contributed by atoms with Gasteiger partial charge < -0.3 is 14.4 Å². The first-order valence-corrected chi connectivity index (χ1v) is 7.67. The molecule has 1 amide bonds. The van der Waals surface area contributed by atoms with Gasteiger partial charge in [0.15, 0.2) is 13.2 Å². The van der Waals surface area contributed by atoms with E-state index < -0.39 is 5.97 Å².